The van der Waals surface area contributed by atoms with Crippen LogP contribution in [0.1, 0.15) is 64.7 Å². The molecule has 0 aromatic rings. The van der Waals surface area contributed by atoms with Gasteiger partial charge >= 0.3 is 0 Å². The van der Waals surface area contributed by atoms with Gasteiger partial charge in [-0.05, 0) is 38.6 Å². The van der Waals surface area contributed by atoms with Gasteiger partial charge in [-0.1, -0.05) is 32.6 Å². The largest absolute Gasteiger partial charge is 0.356 e. The molecule has 0 bridgehead atoms. The molecule has 1 amide bonds. The molecule has 17 heavy (non-hydrogen) atoms. The Balaban J connectivity index is 2.15. The van der Waals surface area contributed by atoms with Gasteiger partial charge in [-0.25, -0.2) is 0 Å². The molecule has 100 valence electrons. The minimum absolute atomic E-state index is 0.0305. The Bertz CT molecular complexity index is 222. The van der Waals surface area contributed by atoms with Crippen molar-refractivity contribution in [1.29, 1.82) is 0 Å². The van der Waals surface area contributed by atoms with Crippen LogP contribution in [0.5, 0.6) is 0 Å². The van der Waals surface area contributed by atoms with Crippen molar-refractivity contribution < 1.29 is 4.79 Å². The number of nitrogens with two attached hydrogens (primary N) is 1. The molecule has 0 saturated heterocycles. The van der Waals surface area contributed by atoms with Crippen LogP contribution in [0.15, 0.2) is 0 Å². The number of amides is 1. The minimum atomic E-state index is -0.0305. The third-order valence-corrected chi connectivity index (χ3v) is 4.14. The van der Waals surface area contributed by atoms with Crippen LogP contribution in [0.2, 0.25) is 0 Å². The summed E-state index contributed by atoms with van der Waals surface area (Å²) in [5.41, 5.74) is 5.41. The van der Waals surface area contributed by atoms with Gasteiger partial charge in [0.15, 0.2) is 0 Å². The van der Waals surface area contributed by atoms with Gasteiger partial charge in [0.25, 0.3) is 0 Å². The van der Waals surface area contributed by atoms with Gasteiger partial charge in [-0.3, -0.25) is 4.79 Å². The average molecular weight is 240 g/mol. The number of nitrogens with one attached hydrogen (secondary N) is 1. The second-order valence-electron chi connectivity index (χ2n) is 5.30. The summed E-state index contributed by atoms with van der Waals surface area (Å²) in [6, 6.07) is 0. The minimum Gasteiger partial charge on any atom is -0.356 e. The molecule has 1 aliphatic carbocycles. The van der Waals surface area contributed by atoms with Gasteiger partial charge in [0.1, 0.15) is 0 Å². The lowest BCUT2D eigenvalue weighted by molar-refractivity contribution is -0.131. The predicted octanol–water partition coefficient (Wildman–Crippen LogP) is 2.59. The highest BCUT2D eigenvalue weighted by atomic mass is 16.2. The molecule has 0 unspecified atom stereocenters. The van der Waals surface area contributed by atoms with Crippen molar-refractivity contribution in [2.75, 3.05) is 13.1 Å². The van der Waals surface area contributed by atoms with Gasteiger partial charge in [0.05, 0.1) is 0 Å². The maximum Gasteiger partial charge on any atom is 0.226 e. The molecule has 1 saturated carbocycles. The summed E-state index contributed by atoms with van der Waals surface area (Å²) in [6.07, 6.45) is 10.2. The van der Waals surface area contributed by atoms with Crippen LogP contribution < -0.4 is 11.1 Å². The van der Waals surface area contributed by atoms with Crippen LogP contribution in [-0.4, -0.2) is 19.0 Å². The first-order valence-corrected chi connectivity index (χ1v) is 7.23. The molecule has 0 aromatic heterocycles. The lowest BCUT2D eigenvalue weighted by Gasteiger charge is -2.26. The Labute approximate surface area is 106 Å². The summed E-state index contributed by atoms with van der Waals surface area (Å²) >= 11 is 0. The van der Waals surface area contributed by atoms with E-state index in [4.69, 9.17) is 5.73 Å². The predicted molar refractivity (Wildman–Crippen MR) is 71.7 cm³/mol. The summed E-state index contributed by atoms with van der Waals surface area (Å²) in [5, 5.41) is 3.12. The fourth-order valence-electron chi connectivity index (χ4n) is 2.81. The third-order valence-electron chi connectivity index (χ3n) is 4.14. The highest BCUT2D eigenvalue weighted by Crippen LogP contribution is 2.40. The summed E-state index contributed by atoms with van der Waals surface area (Å²) in [6.45, 7) is 3.77. The smallest absolute Gasteiger partial charge is 0.226 e. The van der Waals surface area contributed by atoms with Crippen LogP contribution in [-0.2, 0) is 4.79 Å². The van der Waals surface area contributed by atoms with E-state index in [0.717, 1.165) is 45.2 Å². The maximum absolute atomic E-state index is 12.2. The fourth-order valence-corrected chi connectivity index (χ4v) is 2.81. The Hall–Kier alpha value is -0.570. The molecule has 0 heterocycles. The summed E-state index contributed by atoms with van der Waals surface area (Å²) in [5.74, 6) is 0.302. The van der Waals surface area contributed by atoms with Crippen LogP contribution >= 0.6 is 0 Å². The molecule has 1 aliphatic rings. The Morgan fingerprint density at radius 3 is 2.41 bits per heavy atom. The molecule has 3 heteroatoms. The number of hydrogen-bond donors (Lipinski definition) is 2. The molecule has 1 fully saturated rings. The van der Waals surface area contributed by atoms with E-state index in [1.165, 1.54) is 25.7 Å². The Morgan fingerprint density at radius 1 is 1.18 bits per heavy atom. The fraction of sp³-hybridized carbons (Fsp3) is 0.929. The number of unbranched alkanes of at least 4 members (excludes halogenated alkanes) is 3. The van der Waals surface area contributed by atoms with Crippen molar-refractivity contribution in [2.24, 2.45) is 11.1 Å². The van der Waals surface area contributed by atoms with Gasteiger partial charge in [0, 0.05) is 12.0 Å². The maximum atomic E-state index is 12.2. The van der Waals surface area contributed by atoms with Gasteiger partial charge < -0.3 is 11.1 Å². The lowest BCUT2D eigenvalue weighted by atomic mass is 9.82. The number of carbonyl (C=O) groups excluding carboxylic acids is 1. The zero-order chi connectivity index (χ0) is 12.6. The van der Waals surface area contributed by atoms with E-state index in [9.17, 15) is 4.79 Å². The van der Waals surface area contributed by atoms with E-state index in [1.54, 1.807) is 0 Å². The normalized spacial score (nSPS) is 18.2. The van der Waals surface area contributed by atoms with Crippen LogP contribution in [0.3, 0.4) is 0 Å². The molecule has 0 atom stereocenters. The Kier molecular flexibility index (Phi) is 6.56. The first kappa shape index (κ1) is 14.5. The number of hydrogen-bond acceptors (Lipinski definition) is 2. The summed E-state index contributed by atoms with van der Waals surface area (Å²) in [7, 11) is 0. The molecular formula is C14H28N2O. The van der Waals surface area contributed by atoms with Crippen molar-refractivity contribution in [2.45, 2.75) is 64.7 Å². The topological polar surface area (TPSA) is 55.1 Å². The molecule has 1 rings (SSSR count). The van der Waals surface area contributed by atoms with Crippen molar-refractivity contribution >= 4 is 5.91 Å². The van der Waals surface area contributed by atoms with E-state index in [1.807, 2.05) is 0 Å². The zero-order valence-electron chi connectivity index (χ0n) is 11.3. The molecule has 0 aliphatic heterocycles. The molecule has 0 radical (unpaired) electrons. The van der Waals surface area contributed by atoms with E-state index in [-0.39, 0.29) is 5.41 Å². The van der Waals surface area contributed by atoms with Crippen molar-refractivity contribution in [3.8, 4) is 0 Å². The number of rotatable bonds is 8. The molecule has 0 spiro atoms. The molecular weight excluding hydrogens is 212 g/mol. The van der Waals surface area contributed by atoms with E-state index in [2.05, 4.69) is 12.2 Å². The average Bonchev–Trinajstić information content (AvgIpc) is 2.83. The van der Waals surface area contributed by atoms with Crippen LogP contribution in [0.4, 0.5) is 0 Å². The standard InChI is InChI=1S/C14H28N2O/c1-2-14(9-5-6-10-14)13(17)16-12-8-4-3-7-11-15/h2-12,15H2,1H3,(H,16,17). The summed E-state index contributed by atoms with van der Waals surface area (Å²) < 4.78 is 0. The van der Waals surface area contributed by atoms with E-state index in [0.29, 0.717) is 5.91 Å². The van der Waals surface area contributed by atoms with Gasteiger partial charge in [0.2, 0.25) is 5.91 Å². The van der Waals surface area contributed by atoms with Crippen LogP contribution in [0.25, 0.3) is 0 Å². The second kappa shape index (κ2) is 7.70. The van der Waals surface area contributed by atoms with E-state index >= 15 is 0 Å². The highest BCUT2D eigenvalue weighted by Gasteiger charge is 2.38. The summed E-state index contributed by atoms with van der Waals surface area (Å²) in [4.78, 5) is 12.2. The van der Waals surface area contributed by atoms with Crippen molar-refractivity contribution in [3.05, 3.63) is 0 Å². The second-order valence-corrected chi connectivity index (χ2v) is 5.30. The highest BCUT2D eigenvalue weighted by molar-refractivity contribution is 5.82. The first-order chi connectivity index (χ1) is 8.25. The van der Waals surface area contributed by atoms with E-state index < -0.39 is 0 Å². The monoisotopic (exact) mass is 240 g/mol. The van der Waals surface area contributed by atoms with Crippen molar-refractivity contribution in [1.82, 2.24) is 5.32 Å². The van der Waals surface area contributed by atoms with Gasteiger partial charge in [-0.2, -0.15) is 0 Å². The SMILES string of the molecule is CCC1(C(=O)NCCCCCCN)CCCC1. The molecule has 0 aromatic carbocycles. The molecule has 3 N–H and O–H groups in total. The Morgan fingerprint density at radius 2 is 1.82 bits per heavy atom. The first-order valence-electron chi connectivity index (χ1n) is 7.23. The van der Waals surface area contributed by atoms with Crippen molar-refractivity contribution in [3.63, 3.8) is 0 Å². The van der Waals surface area contributed by atoms with Crippen LogP contribution in [0, 0.1) is 5.41 Å². The lowest BCUT2D eigenvalue weighted by Crippen LogP contribution is -2.39. The quantitative estimate of drug-likeness (QED) is 0.641. The zero-order valence-corrected chi connectivity index (χ0v) is 11.3. The van der Waals surface area contributed by atoms with Gasteiger partial charge in [-0.15, -0.1) is 0 Å². The molecule has 3 nitrogen and oxygen atoms in total. The number of carbonyl (C=O) groups is 1. The third kappa shape index (κ3) is 4.30.